The number of aromatic amines is 1. The van der Waals surface area contributed by atoms with Crippen LogP contribution in [0, 0.1) is 0 Å². The van der Waals surface area contributed by atoms with E-state index in [4.69, 9.17) is 4.99 Å². The number of benzene rings is 4. The number of fused-ring (bicyclic) bond motifs is 9. The lowest BCUT2D eigenvalue weighted by Gasteiger charge is -2.20. The van der Waals surface area contributed by atoms with Crippen molar-refractivity contribution in [1.82, 2.24) is 4.98 Å². The van der Waals surface area contributed by atoms with Crippen molar-refractivity contribution in [1.29, 1.82) is 0 Å². The Balaban J connectivity index is 1.53. The van der Waals surface area contributed by atoms with Crippen LogP contribution in [0.3, 0.4) is 0 Å². The SMILES string of the molecule is c1ccc(N2C3=Nc4c(ccc5c4[nH]c4ccccc45)C3c3ccccc32)cc1. The Bertz CT molecular complexity index is 1460. The molecule has 1 unspecified atom stereocenters. The van der Waals surface area contributed by atoms with Gasteiger partial charge in [-0.05, 0) is 35.4 Å². The third kappa shape index (κ3) is 1.89. The fourth-order valence-electron chi connectivity index (χ4n) is 4.98. The maximum Gasteiger partial charge on any atom is 0.126 e. The zero-order valence-electron chi connectivity index (χ0n) is 15.6. The average molecular weight is 371 g/mol. The van der Waals surface area contributed by atoms with Gasteiger partial charge in [-0.15, -0.1) is 0 Å². The number of rotatable bonds is 1. The number of nitrogens with one attached hydrogen (secondary N) is 1. The van der Waals surface area contributed by atoms with Gasteiger partial charge in [0.05, 0.1) is 22.8 Å². The summed E-state index contributed by atoms with van der Waals surface area (Å²) >= 11 is 0. The molecule has 1 aromatic heterocycles. The summed E-state index contributed by atoms with van der Waals surface area (Å²) in [7, 11) is 0. The molecule has 2 aliphatic rings. The predicted octanol–water partition coefficient (Wildman–Crippen LogP) is 6.65. The largest absolute Gasteiger partial charge is 0.353 e. The number of hydrogen-bond donors (Lipinski definition) is 1. The Hall–Kier alpha value is -3.85. The van der Waals surface area contributed by atoms with Crippen LogP contribution < -0.4 is 4.90 Å². The summed E-state index contributed by atoms with van der Waals surface area (Å²) in [6, 6.07) is 32.2. The highest BCUT2D eigenvalue weighted by Crippen LogP contribution is 2.53. The highest BCUT2D eigenvalue weighted by Gasteiger charge is 2.42. The molecule has 3 heterocycles. The summed E-state index contributed by atoms with van der Waals surface area (Å²) in [4.78, 5) is 11.2. The Labute approximate surface area is 167 Å². The van der Waals surface area contributed by atoms with Gasteiger partial charge >= 0.3 is 0 Å². The summed E-state index contributed by atoms with van der Waals surface area (Å²) in [5.41, 5.74) is 8.36. The Morgan fingerprint density at radius 3 is 2.41 bits per heavy atom. The molecule has 29 heavy (non-hydrogen) atoms. The Kier molecular flexibility index (Phi) is 2.79. The quantitative estimate of drug-likeness (QED) is 0.351. The number of H-pyrrole nitrogens is 1. The van der Waals surface area contributed by atoms with E-state index in [0.717, 1.165) is 28.2 Å². The molecule has 5 aromatic rings. The highest BCUT2D eigenvalue weighted by atomic mass is 15.2. The van der Waals surface area contributed by atoms with Crippen molar-refractivity contribution in [3.8, 4) is 0 Å². The van der Waals surface area contributed by atoms with E-state index < -0.39 is 0 Å². The van der Waals surface area contributed by atoms with Crippen LogP contribution in [0.2, 0.25) is 0 Å². The minimum Gasteiger partial charge on any atom is -0.353 e. The van der Waals surface area contributed by atoms with Gasteiger partial charge in [-0.25, -0.2) is 4.99 Å². The molecule has 0 radical (unpaired) electrons. The van der Waals surface area contributed by atoms with E-state index in [-0.39, 0.29) is 5.92 Å². The van der Waals surface area contributed by atoms with Crippen molar-refractivity contribution in [3.63, 3.8) is 0 Å². The molecule has 2 aliphatic heterocycles. The lowest BCUT2D eigenvalue weighted by Crippen LogP contribution is -2.22. The van der Waals surface area contributed by atoms with Crippen LogP contribution in [0.15, 0.2) is 96.0 Å². The van der Waals surface area contributed by atoms with E-state index in [1.807, 2.05) is 0 Å². The van der Waals surface area contributed by atoms with Crippen LogP contribution in [0.1, 0.15) is 17.0 Å². The fraction of sp³-hybridized carbons (Fsp3) is 0.0385. The van der Waals surface area contributed by atoms with Gasteiger partial charge in [-0.1, -0.05) is 66.7 Å². The molecule has 0 aliphatic carbocycles. The monoisotopic (exact) mass is 371 g/mol. The van der Waals surface area contributed by atoms with E-state index in [1.54, 1.807) is 0 Å². The van der Waals surface area contributed by atoms with Crippen molar-refractivity contribution in [2.24, 2.45) is 4.99 Å². The van der Waals surface area contributed by atoms with E-state index >= 15 is 0 Å². The van der Waals surface area contributed by atoms with E-state index in [0.29, 0.717) is 0 Å². The van der Waals surface area contributed by atoms with Gasteiger partial charge in [-0.2, -0.15) is 0 Å². The number of amidine groups is 1. The molecular formula is C26H17N3. The van der Waals surface area contributed by atoms with Crippen molar-refractivity contribution in [2.45, 2.75) is 5.92 Å². The molecule has 0 bridgehead atoms. The number of aliphatic imine (C=N–C) groups is 1. The first-order chi connectivity index (χ1) is 14.4. The molecule has 1 N–H and O–H groups in total. The fourth-order valence-corrected chi connectivity index (χ4v) is 4.98. The molecular weight excluding hydrogens is 354 g/mol. The zero-order chi connectivity index (χ0) is 18.9. The smallest absolute Gasteiger partial charge is 0.126 e. The molecule has 0 amide bonds. The summed E-state index contributed by atoms with van der Waals surface area (Å²) in [6.07, 6.45) is 0. The van der Waals surface area contributed by atoms with Crippen LogP contribution >= 0.6 is 0 Å². The van der Waals surface area contributed by atoms with Crippen LogP contribution in [-0.4, -0.2) is 10.8 Å². The molecule has 4 aromatic carbocycles. The number of anilines is 2. The van der Waals surface area contributed by atoms with Gasteiger partial charge in [0, 0.05) is 22.0 Å². The maximum absolute atomic E-state index is 5.22. The first-order valence-electron chi connectivity index (χ1n) is 9.96. The minimum absolute atomic E-state index is 0.178. The average Bonchev–Trinajstić information content (AvgIpc) is 3.42. The van der Waals surface area contributed by atoms with Crippen LogP contribution in [0.5, 0.6) is 0 Å². The van der Waals surface area contributed by atoms with Gasteiger partial charge in [0.2, 0.25) is 0 Å². The second-order valence-electron chi connectivity index (χ2n) is 7.73. The summed E-state index contributed by atoms with van der Waals surface area (Å²) in [6.45, 7) is 0. The Morgan fingerprint density at radius 1 is 0.690 bits per heavy atom. The molecule has 7 rings (SSSR count). The van der Waals surface area contributed by atoms with Crippen LogP contribution in [-0.2, 0) is 0 Å². The molecule has 0 fully saturated rings. The first-order valence-corrected chi connectivity index (χ1v) is 9.96. The predicted molar refractivity (Wildman–Crippen MR) is 120 cm³/mol. The number of para-hydroxylation sites is 3. The minimum atomic E-state index is 0.178. The van der Waals surface area contributed by atoms with Gasteiger partial charge in [0.15, 0.2) is 0 Å². The third-order valence-corrected chi connectivity index (χ3v) is 6.21. The zero-order valence-corrected chi connectivity index (χ0v) is 15.6. The third-order valence-electron chi connectivity index (χ3n) is 6.21. The second-order valence-corrected chi connectivity index (χ2v) is 7.73. The second kappa shape index (κ2) is 5.36. The number of nitrogens with zero attached hydrogens (tertiary/aromatic N) is 2. The van der Waals surface area contributed by atoms with E-state index in [1.165, 1.54) is 27.6 Å². The lowest BCUT2D eigenvalue weighted by atomic mass is 9.92. The normalized spacial score (nSPS) is 16.8. The van der Waals surface area contributed by atoms with Gasteiger partial charge < -0.3 is 4.98 Å². The summed E-state index contributed by atoms with van der Waals surface area (Å²) < 4.78 is 0. The Morgan fingerprint density at radius 2 is 1.48 bits per heavy atom. The summed E-state index contributed by atoms with van der Waals surface area (Å²) in [5, 5.41) is 2.49. The summed E-state index contributed by atoms with van der Waals surface area (Å²) in [5.74, 6) is 1.27. The van der Waals surface area contributed by atoms with Gasteiger partial charge in [0.25, 0.3) is 0 Å². The van der Waals surface area contributed by atoms with Crippen LogP contribution in [0.25, 0.3) is 21.8 Å². The van der Waals surface area contributed by atoms with Crippen molar-refractivity contribution >= 4 is 44.7 Å². The van der Waals surface area contributed by atoms with E-state index in [9.17, 15) is 0 Å². The van der Waals surface area contributed by atoms with Crippen molar-refractivity contribution in [3.05, 3.63) is 102 Å². The number of hydrogen-bond acceptors (Lipinski definition) is 2. The maximum atomic E-state index is 5.22. The standard InChI is InChI=1S/C26H17N3/c1-2-8-16(9-3-1)29-22-13-7-5-11-19(22)23-20-15-14-18-17-10-4-6-12-21(17)27-24(18)25(20)28-26(23)29/h1-15,23,27H. The molecule has 3 nitrogen and oxygen atoms in total. The molecule has 1 atom stereocenters. The van der Waals surface area contributed by atoms with Gasteiger partial charge in [0.1, 0.15) is 5.84 Å². The topological polar surface area (TPSA) is 31.4 Å². The van der Waals surface area contributed by atoms with E-state index in [2.05, 4.69) is 101 Å². The lowest BCUT2D eigenvalue weighted by molar-refractivity contribution is 1.15. The molecule has 3 heteroatoms. The molecule has 136 valence electrons. The van der Waals surface area contributed by atoms with Crippen LogP contribution in [0.4, 0.5) is 17.1 Å². The van der Waals surface area contributed by atoms with Crippen molar-refractivity contribution in [2.75, 3.05) is 4.90 Å². The molecule has 0 spiro atoms. The molecule has 0 saturated heterocycles. The van der Waals surface area contributed by atoms with Crippen molar-refractivity contribution < 1.29 is 0 Å². The molecule has 0 saturated carbocycles. The number of aromatic nitrogens is 1. The highest BCUT2D eigenvalue weighted by molar-refractivity contribution is 6.21. The first kappa shape index (κ1) is 15.1. The van der Waals surface area contributed by atoms with Gasteiger partial charge in [-0.3, -0.25) is 4.90 Å².